The molecule has 0 unspecified atom stereocenters. The van der Waals surface area contributed by atoms with E-state index in [-0.39, 0.29) is 11.5 Å². The van der Waals surface area contributed by atoms with Crippen LogP contribution in [0.3, 0.4) is 0 Å². The first-order valence-corrected chi connectivity index (χ1v) is 4.71. The van der Waals surface area contributed by atoms with Crippen molar-refractivity contribution in [3.63, 3.8) is 0 Å². The Bertz CT molecular complexity index is 229. The van der Waals surface area contributed by atoms with Gasteiger partial charge in [-0.05, 0) is 26.2 Å². The first-order valence-electron chi connectivity index (χ1n) is 4.71. The van der Waals surface area contributed by atoms with Crippen molar-refractivity contribution in [2.24, 2.45) is 5.92 Å². The number of hydrogen-bond acceptors (Lipinski definition) is 4. The molecule has 1 aliphatic heterocycles. The third-order valence-electron chi connectivity index (χ3n) is 2.47. The van der Waals surface area contributed by atoms with E-state index in [0.717, 1.165) is 0 Å². The molecule has 0 amide bonds. The lowest BCUT2D eigenvalue weighted by molar-refractivity contribution is -0.166. The predicted octanol–water partition coefficient (Wildman–Crippen LogP) is 1.28. The first kappa shape index (κ1) is 11.2. The van der Waals surface area contributed by atoms with Gasteiger partial charge >= 0.3 is 11.9 Å². The van der Waals surface area contributed by atoms with Gasteiger partial charge in [0.25, 0.3) is 0 Å². The first-order chi connectivity index (χ1) is 6.43. The molecule has 0 aromatic rings. The molecule has 14 heavy (non-hydrogen) atoms. The molecule has 0 spiro atoms. The summed E-state index contributed by atoms with van der Waals surface area (Å²) >= 11 is 0. The fourth-order valence-corrected chi connectivity index (χ4v) is 1.68. The Balaban J connectivity index is 2.52. The maximum Gasteiger partial charge on any atom is 0.313 e. The van der Waals surface area contributed by atoms with Gasteiger partial charge < -0.3 is 9.47 Å². The standard InChI is InChI=1S/C10H16O4/c1-10(2,13-3)6-7-4-8(11)14-9(12)5-7/h7H,4-6H2,1-3H3. The molecular weight excluding hydrogens is 184 g/mol. The SMILES string of the molecule is COC(C)(C)CC1CC(=O)OC(=O)C1. The van der Waals surface area contributed by atoms with Gasteiger partial charge in [-0.2, -0.15) is 0 Å². The molecule has 1 saturated heterocycles. The highest BCUT2D eigenvalue weighted by Crippen LogP contribution is 2.27. The van der Waals surface area contributed by atoms with Gasteiger partial charge in [0.2, 0.25) is 0 Å². The van der Waals surface area contributed by atoms with Gasteiger partial charge in [-0.3, -0.25) is 9.59 Å². The molecule has 0 atom stereocenters. The summed E-state index contributed by atoms with van der Waals surface area (Å²) in [4.78, 5) is 21.9. The summed E-state index contributed by atoms with van der Waals surface area (Å²) in [6, 6.07) is 0. The van der Waals surface area contributed by atoms with Gasteiger partial charge in [0.05, 0.1) is 5.60 Å². The van der Waals surface area contributed by atoms with Gasteiger partial charge in [-0.25, -0.2) is 0 Å². The summed E-state index contributed by atoms with van der Waals surface area (Å²) in [7, 11) is 1.63. The highest BCUT2D eigenvalue weighted by Gasteiger charge is 2.31. The lowest BCUT2D eigenvalue weighted by atomic mass is 9.87. The van der Waals surface area contributed by atoms with E-state index >= 15 is 0 Å². The van der Waals surface area contributed by atoms with Crippen LogP contribution in [0.15, 0.2) is 0 Å². The number of ether oxygens (including phenoxy) is 2. The van der Waals surface area contributed by atoms with Gasteiger partial charge in [-0.1, -0.05) is 0 Å². The van der Waals surface area contributed by atoms with Crippen molar-refractivity contribution in [3.8, 4) is 0 Å². The number of hydrogen-bond donors (Lipinski definition) is 0. The van der Waals surface area contributed by atoms with Crippen LogP contribution >= 0.6 is 0 Å². The molecule has 0 aromatic carbocycles. The van der Waals surface area contributed by atoms with E-state index in [0.29, 0.717) is 19.3 Å². The zero-order valence-corrected chi connectivity index (χ0v) is 8.83. The van der Waals surface area contributed by atoms with Crippen molar-refractivity contribution in [1.82, 2.24) is 0 Å². The smallest absolute Gasteiger partial charge is 0.313 e. The highest BCUT2D eigenvalue weighted by atomic mass is 16.6. The second-order valence-electron chi connectivity index (χ2n) is 4.29. The second-order valence-corrected chi connectivity index (χ2v) is 4.29. The molecule has 0 aromatic heterocycles. The van der Waals surface area contributed by atoms with Gasteiger partial charge in [0.15, 0.2) is 0 Å². The van der Waals surface area contributed by atoms with E-state index in [1.807, 2.05) is 13.8 Å². The molecule has 1 heterocycles. The number of rotatable bonds is 3. The van der Waals surface area contributed by atoms with Gasteiger partial charge in [-0.15, -0.1) is 0 Å². The second kappa shape index (κ2) is 4.09. The fraction of sp³-hybridized carbons (Fsp3) is 0.800. The summed E-state index contributed by atoms with van der Waals surface area (Å²) in [6.45, 7) is 3.88. The van der Waals surface area contributed by atoms with Crippen LogP contribution in [0.2, 0.25) is 0 Å². The zero-order chi connectivity index (χ0) is 10.8. The van der Waals surface area contributed by atoms with Crippen LogP contribution < -0.4 is 0 Å². The average Bonchev–Trinajstić information content (AvgIpc) is 2.01. The highest BCUT2D eigenvalue weighted by molar-refractivity contribution is 5.88. The van der Waals surface area contributed by atoms with E-state index in [2.05, 4.69) is 4.74 Å². The average molecular weight is 200 g/mol. The number of esters is 2. The van der Waals surface area contributed by atoms with Crippen LogP contribution in [0, 0.1) is 5.92 Å². The summed E-state index contributed by atoms with van der Waals surface area (Å²) in [5.74, 6) is -0.782. The molecule has 1 aliphatic rings. The molecule has 0 saturated carbocycles. The molecule has 1 fully saturated rings. The van der Waals surface area contributed by atoms with Crippen LogP contribution in [0.4, 0.5) is 0 Å². The number of carbonyl (C=O) groups is 2. The van der Waals surface area contributed by atoms with Crippen LogP contribution in [0.5, 0.6) is 0 Å². The predicted molar refractivity (Wildman–Crippen MR) is 49.5 cm³/mol. The largest absolute Gasteiger partial charge is 0.393 e. The number of cyclic esters (lactones) is 2. The van der Waals surface area contributed by atoms with E-state index < -0.39 is 11.9 Å². The minimum absolute atomic E-state index is 0.0544. The molecule has 1 rings (SSSR count). The number of methoxy groups -OCH3 is 1. The van der Waals surface area contributed by atoms with Crippen LogP contribution in [0.1, 0.15) is 33.1 Å². The molecule has 0 bridgehead atoms. The topological polar surface area (TPSA) is 52.6 Å². The lowest BCUT2D eigenvalue weighted by Crippen LogP contribution is -2.32. The van der Waals surface area contributed by atoms with Crippen molar-refractivity contribution in [2.45, 2.75) is 38.7 Å². The number of carbonyl (C=O) groups excluding carboxylic acids is 2. The molecular formula is C10H16O4. The Labute approximate surface area is 83.6 Å². The Morgan fingerprint density at radius 1 is 1.36 bits per heavy atom. The molecule has 0 N–H and O–H groups in total. The minimum Gasteiger partial charge on any atom is -0.393 e. The maximum atomic E-state index is 11.0. The normalized spacial score (nSPS) is 19.6. The quantitative estimate of drug-likeness (QED) is 0.508. The molecule has 0 radical (unpaired) electrons. The Kier molecular flexibility index (Phi) is 3.26. The fourth-order valence-electron chi connectivity index (χ4n) is 1.68. The molecule has 0 aliphatic carbocycles. The molecule has 4 nitrogen and oxygen atoms in total. The molecule has 4 heteroatoms. The van der Waals surface area contributed by atoms with Crippen LogP contribution in [-0.4, -0.2) is 24.6 Å². The maximum absolute atomic E-state index is 11.0. The Morgan fingerprint density at radius 3 is 2.29 bits per heavy atom. The monoisotopic (exact) mass is 200 g/mol. The lowest BCUT2D eigenvalue weighted by Gasteiger charge is -2.29. The van der Waals surface area contributed by atoms with E-state index in [1.165, 1.54) is 0 Å². The van der Waals surface area contributed by atoms with E-state index in [4.69, 9.17) is 4.74 Å². The summed E-state index contributed by atoms with van der Waals surface area (Å²) in [5, 5.41) is 0. The zero-order valence-electron chi connectivity index (χ0n) is 8.83. The Morgan fingerprint density at radius 2 is 1.86 bits per heavy atom. The third-order valence-corrected chi connectivity index (χ3v) is 2.47. The van der Waals surface area contributed by atoms with Crippen molar-refractivity contribution in [3.05, 3.63) is 0 Å². The van der Waals surface area contributed by atoms with Crippen LogP contribution in [0.25, 0.3) is 0 Å². The van der Waals surface area contributed by atoms with Crippen molar-refractivity contribution in [2.75, 3.05) is 7.11 Å². The summed E-state index contributed by atoms with van der Waals surface area (Å²) in [5.41, 5.74) is -0.289. The third kappa shape index (κ3) is 3.10. The molecule has 80 valence electrons. The van der Waals surface area contributed by atoms with Crippen LogP contribution in [-0.2, 0) is 19.1 Å². The summed E-state index contributed by atoms with van der Waals surface area (Å²) < 4.78 is 9.69. The Hall–Kier alpha value is -0.900. The van der Waals surface area contributed by atoms with Crippen molar-refractivity contribution < 1.29 is 19.1 Å². The van der Waals surface area contributed by atoms with Crippen molar-refractivity contribution >= 4 is 11.9 Å². The van der Waals surface area contributed by atoms with Gasteiger partial charge in [0.1, 0.15) is 0 Å². The minimum atomic E-state index is -0.418. The van der Waals surface area contributed by atoms with E-state index in [1.54, 1.807) is 7.11 Å². The van der Waals surface area contributed by atoms with Crippen molar-refractivity contribution in [1.29, 1.82) is 0 Å². The van der Waals surface area contributed by atoms with Gasteiger partial charge in [0, 0.05) is 20.0 Å². The summed E-state index contributed by atoms with van der Waals surface area (Å²) in [6.07, 6.45) is 1.33. The van der Waals surface area contributed by atoms with E-state index in [9.17, 15) is 9.59 Å².